The van der Waals surface area contributed by atoms with Crippen LogP contribution in [0.5, 0.6) is 5.75 Å². The van der Waals surface area contributed by atoms with E-state index >= 15 is 0 Å². The van der Waals surface area contributed by atoms with E-state index in [0.29, 0.717) is 5.75 Å². The Balaban J connectivity index is 2.43. The average Bonchev–Trinajstić information content (AvgIpc) is 2.07. The number of fused-ring (bicyclic) bond motifs is 1. The first-order valence-corrected chi connectivity index (χ1v) is 4.07. The van der Waals surface area contributed by atoms with Gasteiger partial charge in [-0.05, 0) is 18.6 Å². The highest BCUT2D eigenvalue weighted by Crippen LogP contribution is 2.28. The summed E-state index contributed by atoms with van der Waals surface area (Å²) < 4.78 is 0. The van der Waals surface area contributed by atoms with Crippen LogP contribution in [-0.4, -0.2) is 17.7 Å². The van der Waals surface area contributed by atoms with E-state index in [4.69, 9.17) is 5.73 Å². The summed E-state index contributed by atoms with van der Waals surface area (Å²) >= 11 is 0. The van der Waals surface area contributed by atoms with E-state index in [0.717, 1.165) is 24.2 Å². The van der Waals surface area contributed by atoms with Gasteiger partial charge in [0.1, 0.15) is 5.75 Å². The second-order valence-corrected chi connectivity index (χ2v) is 3.15. The second kappa shape index (κ2) is 2.68. The smallest absolute Gasteiger partial charge is 0.120 e. The molecule has 1 aromatic carbocycles. The fraction of sp³-hybridized carbons (Fsp3) is 0.333. The summed E-state index contributed by atoms with van der Waals surface area (Å²) in [6.07, 6.45) is 0.759. The quantitative estimate of drug-likeness (QED) is 0.528. The van der Waals surface area contributed by atoms with Gasteiger partial charge in [0.05, 0.1) is 0 Å². The van der Waals surface area contributed by atoms with E-state index in [-0.39, 0.29) is 6.04 Å². The molecule has 0 spiro atoms. The van der Waals surface area contributed by atoms with E-state index in [9.17, 15) is 5.11 Å². The van der Waals surface area contributed by atoms with Crippen molar-refractivity contribution < 1.29 is 5.11 Å². The second-order valence-electron chi connectivity index (χ2n) is 3.15. The van der Waals surface area contributed by atoms with Gasteiger partial charge in [-0.2, -0.15) is 0 Å². The van der Waals surface area contributed by atoms with Crippen molar-refractivity contribution in [2.24, 2.45) is 5.73 Å². The standard InChI is InChI=1S/C9H12N2O/c10-6-4-7-8(11-5-6)2-1-3-9(7)12/h1-3,6,11-12H,4-5,10H2/t6-/m1/s1. The Morgan fingerprint density at radius 3 is 3.17 bits per heavy atom. The number of nitrogens with one attached hydrogen (secondary N) is 1. The zero-order chi connectivity index (χ0) is 8.55. The first kappa shape index (κ1) is 7.43. The molecule has 64 valence electrons. The topological polar surface area (TPSA) is 58.3 Å². The third-order valence-electron chi connectivity index (χ3n) is 2.17. The third-order valence-corrected chi connectivity index (χ3v) is 2.17. The number of benzene rings is 1. The Kier molecular flexibility index (Phi) is 1.66. The van der Waals surface area contributed by atoms with Crippen LogP contribution in [0.15, 0.2) is 18.2 Å². The van der Waals surface area contributed by atoms with Crippen LogP contribution in [-0.2, 0) is 6.42 Å². The lowest BCUT2D eigenvalue weighted by Gasteiger charge is -2.23. The molecule has 0 fully saturated rings. The highest BCUT2D eigenvalue weighted by atomic mass is 16.3. The average molecular weight is 164 g/mol. The van der Waals surface area contributed by atoms with Gasteiger partial charge in [0, 0.05) is 23.8 Å². The molecule has 0 saturated carbocycles. The molecule has 0 saturated heterocycles. The predicted molar refractivity (Wildman–Crippen MR) is 48.3 cm³/mol. The predicted octanol–water partition coefficient (Wildman–Crippen LogP) is 0.687. The van der Waals surface area contributed by atoms with Crippen molar-refractivity contribution in [2.75, 3.05) is 11.9 Å². The van der Waals surface area contributed by atoms with E-state index in [1.54, 1.807) is 6.07 Å². The maximum atomic E-state index is 9.48. The number of rotatable bonds is 0. The van der Waals surface area contributed by atoms with E-state index in [1.165, 1.54) is 0 Å². The zero-order valence-electron chi connectivity index (χ0n) is 6.75. The first-order valence-electron chi connectivity index (χ1n) is 4.07. The number of hydrogen-bond donors (Lipinski definition) is 3. The van der Waals surface area contributed by atoms with Crippen molar-refractivity contribution in [1.29, 1.82) is 0 Å². The summed E-state index contributed by atoms with van der Waals surface area (Å²) in [6.45, 7) is 0.788. The number of phenolic OH excluding ortho intramolecular Hbond substituents is 1. The molecule has 0 bridgehead atoms. The van der Waals surface area contributed by atoms with E-state index < -0.39 is 0 Å². The lowest BCUT2D eigenvalue weighted by atomic mass is 9.99. The summed E-state index contributed by atoms with van der Waals surface area (Å²) in [5.74, 6) is 0.343. The molecule has 3 heteroatoms. The molecule has 0 unspecified atom stereocenters. The van der Waals surface area contributed by atoms with Crippen molar-refractivity contribution in [2.45, 2.75) is 12.5 Å². The lowest BCUT2D eigenvalue weighted by molar-refractivity contribution is 0.464. The van der Waals surface area contributed by atoms with Crippen LogP contribution in [0.1, 0.15) is 5.56 Å². The molecule has 2 rings (SSSR count). The van der Waals surface area contributed by atoms with E-state index in [1.807, 2.05) is 12.1 Å². The maximum absolute atomic E-state index is 9.48. The van der Waals surface area contributed by atoms with Gasteiger partial charge in [-0.1, -0.05) is 6.07 Å². The fourth-order valence-electron chi connectivity index (χ4n) is 1.53. The summed E-state index contributed by atoms with van der Waals surface area (Å²) in [6, 6.07) is 5.60. The molecule has 1 aliphatic rings. The van der Waals surface area contributed by atoms with Crippen molar-refractivity contribution in [1.82, 2.24) is 0 Å². The fourth-order valence-corrected chi connectivity index (χ4v) is 1.53. The Morgan fingerprint density at radius 1 is 1.50 bits per heavy atom. The largest absolute Gasteiger partial charge is 0.508 e. The van der Waals surface area contributed by atoms with Gasteiger partial charge < -0.3 is 16.2 Å². The van der Waals surface area contributed by atoms with Crippen molar-refractivity contribution in [3.05, 3.63) is 23.8 Å². The molecule has 0 aliphatic carbocycles. The van der Waals surface area contributed by atoms with Crippen LogP contribution in [0.2, 0.25) is 0 Å². The highest BCUT2D eigenvalue weighted by Gasteiger charge is 2.16. The molecule has 12 heavy (non-hydrogen) atoms. The Morgan fingerprint density at radius 2 is 2.33 bits per heavy atom. The van der Waals surface area contributed by atoms with Gasteiger partial charge in [0.15, 0.2) is 0 Å². The van der Waals surface area contributed by atoms with Crippen LogP contribution in [0.4, 0.5) is 5.69 Å². The molecule has 1 heterocycles. The van der Waals surface area contributed by atoms with Gasteiger partial charge >= 0.3 is 0 Å². The highest BCUT2D eigenvalue weighted by molar-refractivity contribution is 5.59. The molecular weight excluding hydrogens is 152 g/mol. The minimum atomic E-state index is 0.116. The van der Waals surface area contributed by atoms with Crippen molar-refractivity contribution in [3.63, 3.8) is 0 Å². The Labute approximate surface area is 71.2 Å². The summed E-state index contributed by atoms with van der Waals surface area (Å²) in [7, 11) is 0. The van der Waals surface area contributed by atoms with Crippen LogP contribution in [0, 0.1) is 0 Å². The van der Waals surface area contributed by atoms with Crippen LogP contribution >= 0.6 is 0 Å². The number of aromatic hydroxyl groups is 1. The molecule has 1 aromatic rings. The van der Waals surface area contributed by atoms with Crippen molar-refractivity contribution >= 4 is 5.69 Å². The summed E-state index contributed by atoms with van der Waals surface area (Å²) in [4.78, 5) is 0. The molecule has 1 aliphatic heterocycles. The Hall–Kier alpha value is -1.22. The molecule has 0 amide bonds. The monoisotopic (exact) mass is 164 g/mol. The molecule has 0 radical (unpaired) electrons. The molecule has 3 nitrogen and oxygen atoms in total. The number of anilines is 1. The molecule has 1 atom stereocenters. The van der Waals surface area contributed by atoms with Gasteiger partial charge in [-0.25, -0.2) is 0 Å². The minimum absolute atomic E-state index is 0.116. The lowest BCUT2D eigenvalue weighted by Crippen LogP contribution is -2.35. The van der Waals surface area contributed by atoms with Crippen LogP contribution < -0.4 is 11.1 Å². The normalized spacial score (nSPS) is 21.2. The summed E-state index contributed by atoms with van der Waals surface area (Å²) in [5.41, 5.74) is 7.70. The maximum Gasteiger partial charge on any atom is 0.120 e. The SMILES string of the molecule is N[C@H]1CNc2cccc(O)c2C1. The number of nitrogens with two attached hydrogens (primary N) is 1. The van der Waals surface area contributed by atoms with Gasteiger partial charge in [0.2, 0.25) is 0 Å². The zero-order valence-corrected chi connectivity index (χ0v) is 6.75. The van der Waals surface area contributed by atoms with Crippen LogP contribution in [0.25, 0.3) is 0 Å². The summed E-state index contributed by atoms with van der Waals surface area (Å²) in [5, 5.41) is 12.6. The minimum Gasteiger partial charge on any atom is -0.508 e. The number of phenols is 1. The van der Waals surface area contributed by atoms with Gasteiger partial charge in [-0.3, -0.25) is 0 Å². The van der Waals surface area contributed by atoms with Crippen LogP contribution in [0.3, 0.4) is 0 Å². The first-order chi connectivity index (χ1) is 5.77. The molecular formula is C9H12N2O. The molecule has 0 aromatic heterocycles. The van der Waals surface area contributed by atoms with Gasteiger partial charge in [-0.15, -0.1) is 0 Å². The third kappa shape index (κ3) is 1.12. The number of hydrogen-bond acceptors (Lipinski definition) is 3. The van der Waals surface area contributed by atoms with E-state index in [2.05, 4.69) is 5.32 Å². The Bertz CT molecular complexity index is 299. The molecule has 4 N–H and O–H groups in total. The van der Waals surface area contributed by atoms with Gasteiger partial charge in [0.25, 0.3) is 0 Å². The van der Waals surface area contributed by atoms with Crippen molar-refractivity contribution in [3.8, 4) is 5.75 Å².